The summed E-state index contributed by atoms with van der Waals surface area (Å²) in [7, 11) is 0. The Kier molecular flexibility index (Phi) is 4.81. The van der Waals surface area contributed by atoms with Crippen LogP contribution in [0.15, 0.2) is 42.6 Å². The van der Waals surface area contributed by atoms with Crippen molar-refractivity contribution in [1.82, 2.24) is 24.9 Å². The highest BCUT2D eigenvalue weighted by Gasteiger charge is 2.19. The van der Waals surface area contributed by atoms with E-state index in [0.717, 1.165) is 43.8 Å². The summed E-state index contributed by atoms with van der Waals surface area (Å²) in [4.78, 5) is 4.26. The second kappa shape index (κ2) is 7.40. The van der Waals surface area contributed by atoms with E-state index in [4.69, 9.17) is 0 Å². The lowest BCUT2D eigenvalue weighted by Gasteiger charge is -2.35. The van der Waals surface area contributed by atoms with E-state index in [1.54, 1.807) is 4.68 Å². The lowest BCUT2D eigenvalue weighted by molar-refractivity contribution is 0.245. The monoisotopic (exact) mass is 370 g/mol. The van der Waals surface area contributed by atoms with Crippen molar-refractivity contribution in [1.29, 1.82) is 0 Å². The minimum absolute atomic E-state index is 0.367. The minimum Gasteiger partial charge on any atom is -0.353 e. The highest BCUT2D eigenvalue weighted by molar-refractivity contribution is 5.40. The van der Waals surface area contributed by atoms with Gasteiger partial charge in [-0.05, 0) is 43.3 Å². The summed E-state index contributed by atoms with van der Waals surface area (Å²) in [5.41, 5.74) is 1.31. The van der Waals surface area contributed by atoms with Crippen LogP contribution in [0.3, 0.4) is 0 Å². The van der Waals surface area contributed by atoms with Crippen LogP contribution < -0.4 is 4.90 Å². The van der Waals surface area contributed by atoms with Crippen LogP contribution >= 0.6 is 0 Å². The molecule has 0 radical (unpaired) electrons. The van der Waals surface area contributed by atoms with Gasteiger partial charge in [-0.25, -0.2) is 13.5 Å². The van der Waals surface area contributed by atoms with Gasteiger partial charge in [0.1, 0.15) is 11.6 Å². The van der Waals surface area contributed by atoms with Crippen LogP contribution in [0.25, 0.3) is 5.82 Å². The van der Waals surface area contributed by atoms with E-state index in [-0.39, 0.29) is 5.82 Å². The number of aromatic nitrogens is 4. The van der Waals surface area contributed by atoms with Gasteiger partial charge in [0, 0.05) is 44.5 Å². The fraction of sp³-hybridized carbons (Fsp3) is 0.316. The van der Waals surface area contributed by atoms with Crippen LogP contribution in [0.1, 0.15) is 11.3 Å². The van der Waals surface area contributed by atoms with Crippen LogP contribution in [0.2, 0.25) is 0 Å². The third-order valence-electron chi connectivity index (χ3n) is 4.69. The average Bonchev–Trinajstić information content (AvgIpc) is 3.12. The molecule has 27 heavy (non-hydrogen) atoms. The molecule has 0 aliphatic carbocycles. The van der Waals surface area contributed by atoms with Crippen molar-refractivity contribution in [3.05, 3.63) is 65.5 Å². The SMILES string of the molecule is Cc1ccn(-c2ccc(N3CCN(Cc4cc(F)ccc4F)CC3)nn2)n1. The molecule has 3 heterocycles. The Morgan fingerprint density at radius 1 is 0.926 bits per heavy atom. The Bertz CT molecular complexity index is 916. The predicted octanol–water partition coefficient (Wildman–Crippen LogP) is 2.57. The van der Waals surface area contributed by atoms with Crippen molar-refractivity contribution in [3.63, 3.8) is 0 Å². The molecule has 0 bridgehead atoms. The lowest BCUT2D eigenvalue weighted by atomic mass is 10.1. The molecule has 1 aliphatic heterocycles. The summed E-state index contributed by atoms with van der Waals surface area (Å²) in [6.45, 7) is 5.33. The third-order valence-corrected chi connectivity index (χ3v) is 4.69. The average molecular weight is 370 g/mol. The molecule has 1 fully saturated rings. The molecular formula is C19H20F2N6. The Labute approximate surface area is 156 Å². The van der Waals surface area contributed by atoms with E-state index in [9.17, 15) is 8.78 Å². The van der Waals surface area contributed by atoms with Crippen molar-refractivity contribution in [2.75, 3.05) is 31.1 Å². The van der Waals surface area contributed by atoms with Crippen LogP contribution in [0.5, 0.6) is 0 Å². The van der Waals surface area contributed by atoms with Crippen LogP contribution in [0, 0.1) is 18.6 Å². The summed E-state index contributed by atoms with van der Waals surface area (Å²) in [5, 5.41) is 12.9. The molecule has 4 rings (SSSR count). The number of halogens is 2. The summed E-state index contributed by atoms with van der Waals surface area (Å²) in [6.07, 6.45) is 1.85. The summed E-state index contributed by atoms with van der Waals surface area (Å²) in [5.74, 6) is 0.702. The molecular weight excluding hydrogens is 350 g/mol. The molecule has 0 saturated carbocycles. The second-order valence-electron chi connectivity index (χ2n) is 6.65. The van der Waals surface area contributed by atoms with Gasteiger partial charge in [-0.15, -0.1) is 10.2 Å². The van der Waals surface area contributed by atoms with Crippen molar-refractivity contribution >= 4 is 5.82 Å². The van der Waals surface area contributed by atoms with Crippen LogP contribution in [0.4, 0.5) is 14.6 Å². The molecule has 0 N–H and O–H groups in total. The van der Waals surface area contributed by atoms with Gasteiger partial charge in [-0.1, -0.05) is 0 Å². The zero-order valence-electron chi connectivity index (χ0n) is 15.0. The molecule has 6 nitrogen and oxygen atoms in total. The first kappa shape index (κ1) is 17.5. The fourth-order valence-electron chi connectivity index (χ4n) is 3.19. The largest absolute Gasteiger partial charge is 0.353 e. The molecule has 2 aromatic heterocycles. The molecule has 8 heteroatoms. The Morgan fingerprint density at radius 2 is 1.67 bits per heavy atom. The number of hydrogen-bond donors (Lipinski definition) is 0. The molecule has 0 amide bonds. The molecule has 3 aromatic rings. The van der Waals surface area contributed by atoms with Crippen LogP contribution in [-0.2, 0) is 6.54 Å². The van der Waals surface area contributed by atoms with Crippen molar-refractivity contribution < 1.29 is 8.78 Å². The predicted molar refractivity (Wildman–Crippen MR) is 97.7 cm³/mol. The number of nitrogens with zero attached hydrogens (tertiary/aromatic N) is 6. The number of benzene rings is 1. The highest BCUT2D eigenvalue weighted by atomic mass is 19.1. The number of piperazine rings is 1. The van der Waals surface area contributed by atoms with Crippen LogP contribution in [-0.4, -0.2) is 51.1 Å². The first-order valence-electron chi connectivity index (χ1n) is 8.86. The summed E-state index contributed by atoms with van der Waals surface area (Å²) < 4.78 is 28.8. The molecule has 0 spiro atoms. The Morgan fingerprint density at radius 3 is 2.33 bits per heavy atom. The highest BCUT2D eigenvalue weighted by Crippen LogP contribution is 2.17. The maximum absolute atomic E-state index is 13.8. The van der Waals surface area contributed by atoms with Crippen molar-refractivity contribution in [3.8, 4) is 5.82 Å². The van der Waals surface area contributed by atoms with Gasteiger partial charge < -0.3 is 4.90 Å². The number of anilines is 1. The Hall–Kier alpha value is -2.87. The smallest absolute Gasteiger partial charge is 0.175 e. The Balaban J connectivity index is 1.37. The molecule has 0 unspecified atom stereocenters. The van der Waals surface area contributed by atoms with Gasteiger partial charge in [0.05, 0.1) is 5.69 Å². The number of hydrogen-bond acceptors (Lipinski definition) is 5. The maximum atomic E-state index is 13.8. The standard InChI is InChI=1S/C19H20F2N6/c1-14-6-7-27(24-14)19-5-4-18(22-23-19)26-10-8-25(9-11-26)13-15-12-16(20)2-3-17(15)21/h2-7,12H,8-11,13H2,1H3. The topological polar surface area (TPSA) is 50.1 Å². The van der Waals surface area contributed by atoms with E-state index in [1.165, 1.54) is 12.1 Å². The van der Waals surface area contributed by atoms with E-state index in [2.05, 4.69) is 25.1 Å². The van der Waals surface area contributed by atoms with E-state index < -0.39 is 5.82 Å². The molecule has 1 aromatic carbocycles. The van der Waals surface area contributed by atoms with Gasteiger partial charge in [0.25, 0.3) is 0 Å². The van der Waals surface area contributed by atoms with E-state index in [1.807, 2.05) is 31.3 Å². The second-order valence-corrected chi connectivity index (χ2v) is 6.65. The van der Waals surface area contributed by atoms with Gasteiger partial charge in [-0.3, -0.25) is 4.90 Å². The first-order chi connectivity index (χ1) is 13.1. The quantitative estimate of drug-likeness (QED) is 0.707. The summed E-state index contributed by atoms with van der Waals surface area (Å²) in [6, 6.07) is 9.33. The minimum atomic E-state index is -0.409. The fourth-order valence-corrected chi connectivity index (χ4v) is 3.19. The normalized spacial score (nSPS) is 15.3. The molecule has 1 aliphatic rings. The molecule has 1 saturated heterocycles. The lowest BCUT2D eigenvalue weighted by Crippen LogP contribution is -2.46. The van der Waals surface area contributed by atoms with Gasteiger partial charge in [0.15, 0.2) is 11.6 Å². The van der Waals surface area contributed by atoms with Crippen molar-refractivity contribution in [2.24, 2.45) is 0 Å². The number of rotatable bonds is 4. The molecule has 140 valence electrons. The van der Waals surface area contributed by atoms with Gasteiger partial charge in [-0.2, -0.15) is 5.10 Å². The van der Waals surface area contributed by atoms with Gasteiger partial charge >= 0.3 is 0 Å². The first-order valence-corrected chi connectivity index (χ1v) is 8.86. The van der Waals surface area contributed by atoms with E-state index in [0.29, 0.717) is 17.9 Å². The third kappa shape index (κ3) is 3.95. The zero-order chi connectivity index (χ0) is 18.8. The van der Waals surface area contributed by atoms with Crippen molar-refractivity contribution in [2.45, 2.75) is 13.5 Å². The van der Waals surface area contributed by atoms with Gasteiger partial charge in [0.2, 0.25) is 0 Å². The maximum Gasteiger partial charge on any atom is 0.175 e. The zero-order valence-corrected chi connectivity index (χ0v) is 15.0. The summed E-state index contributed by atoms with van der Waals surface area (Å²) >= 11 is 0. The van der Waals surface area contributed by atoms with E-state index >= 15 is 0 Å². The molecule has 0 atom stereocenters. The number of aryl methyl sites for hydroxylation is 1.